The predicted molar refractivity (Wildman–Crippen MR) is 90.0 cm³/mol. The van der Waals surface area contributed by atoms with Crippen LogP contribution in [-0.2, 0) is 14.8 Å². The molecule has 126 valence electrons. The molecule has 0 atom stereocenters. The van der Waals surface area contributed by atoms with Crippen LogP contribution >= 0.6 is 0 Å². The van der Waals surface area contributed by atoms with E-state index in [9.17, 15) is 13.2 Å². The summed E-state index contributed by atoms with van der Waals surface area (Å²) in [4.78, 5) is 23.4. The Kier molecular flexibility index (Phi) is 4.93. The highest BCUT2D eigenvalue weighted by atomic mass is 32.2. The van der Waals surface area contributed by atoms with E-state index in [1.165, 1.54) is 18.3 Å². The fourth-order valence-corrected chi connectivity index (χ4v) is 2.67. The normalized spacial score (nSPS) is 11.0. The Bertz CT molecular complexity index is 872. The van der Waals surface area contributed by atoms with Gasteiger partial charge in [0.2, 0.25) is 5.95 Å². The minimum Gasteiger partial charge on any atom is -0.321 e. The van der Waals surface area contributed by atoms with Gasteiger partial charge in [0.15, 0.2) is 5.03 Å². The van der Waals surface area contributed by atoms with Gasteiger partial charge in [0.05, 0.1) is 11.9 Å². The Morgan fingerprint density at radius 3 is 2.29 bits per heavy atom. The number of pyridine rings is 1. The lowest BCUT2D eigenvalue weighted by Crippen LogP contribution is -2.17. The number of rotatable bonds is 5. The van der Waals surface area contributed by atoms with Crippen LogP contribution in [0.25, 0.3) is 0 Å². The Morgan fingerprint density at radius 2 is 1.79 bits per heavy atom. The van der Waals surface area contributed by atoms with E-state index in [1.807, 2.05) is 0 Å². The molecule has 2 heterocycles. The Hall–Kier alpha value is -2.81. The number of hydrogen-bond acceptors (Lipinski definition) is 6. The summed E-state index contributed by atoms with van der Waals surface area (Å²) in [5, 5.41) is 2.33. The first-order valence-corrected chi connectivity index (χ1v) is 8.44. The fourth-order valence-electron chi connectivity index (χ4n) is 1.80. The molecule has 0 unspecified atom stereocenters. The maximum atomic E-state index is 12.3. The monoisotopic (exact) mass is 347 g/mol. The number of nitrogens with zero attached hydrogens (tertiary/aromatic N) is 3. The molecule has 0 bridgehead atoms. The summed E-state index contributed by atoms with van der Waals surface area (Å²) in [7, 11) is -3.92. The van der Waals surface area contributed by atoms with Crippen molar-refractivity contribution in [3.05, 3.63) is 47.9 Å². The van der Waals surface area contributed by atoms with Gasteiger partial charge in [0, 0.05) is 17.0 Å². The molecular formula is C15H17N5O3S. The number of anilines is 2. The third-order valence-electron chi connectivity index (χ3n) is 2.87. The standard InChI is InChI=1S/C15H17N5O3S/c1-9(2)14(21)19-12-5-6-13(16-8-12)24(22,23)20-15-17-10(3)7-11(4)18-15/h5-8H,1H2,2-4H3,(H,19,21)(H,17,18,20). The van der Waals surface area contributed by atoms with Crippen LogP contribution in [0.5, 0.6) is 0 Å². The second kappa shape index (κ2) is 6.75. The molecule has 24 heavy (non-hydrogen) atoms. The first-order chi connectivity index (χ1) is 11.2. The molecule has 0 fully saturated rings. The molecule has 0 spiro atoms. The molecule has 9 heteroatoms. The molecule has 0 saturated heterocycles. The number of aromatic nitrogens is 3. The highest BCUT2D eigenvalue weighted by Crippen LogP contribution is 2.14. The van der Waals surface area contributed by atoms with Crippen molar-refractivity contribution < 1.29 is 13.2 Å². The first kappa shape index (κ1) is 17.5. The summed E-state index contributed by atoms with van der Waals surface area (Å²) < 4.78 is 26.9. The summed E-state index contributed by atoms with van der Waals surface area (Å²) in [5.41, 5.74) is 1.99. The van der Waals surface area contributed by atoms with E-state index in [-0.39, 0.29) is 16.9 Å². The lowest BCUT2D eigenvalue weighted by atomic mass is 10.3. The topological polar surface area (TPSA) is 114 Å². The Balaban J connectivity index is 2.20. The van der Waals surface area contributed by atoms with Crippen molar-refractivity contribution >= 4 is 27.6 Å². The smallest absolute Gasteiger partial charge is 0.281 e. The van der Waals surface area contributed by atoms with Crippen LogP contribution in [0, 0.1) is 13.8 Å². The van der Waals surface area contributed by atoms with E-state index in [0.29, 0.717) is 22.6 Å². The third-order valence-corrected chi connectivity index (χ3v) is 4.11. The molecule has 8 nitrogen and oxygen atoms in total. The van der Waals surface area contributed by atoms with Crippen molar-refractivity contribution in [2.45, 2.75) is 25.8 Å². The largest absolute Gasteiger partial charge is 0.321 e. The zero-order valence-corrected chi connectivity index (χ0v) is 14.3. The lowest BCUT2D eigenvalue weighted by molar-refractivity contribution is -0.112. The Labute approximate surface area is 140 Å². The van der Waals surface area contributed by atoms with Crippen LogP contribution in [0.4, 0.5) is 11.6 Å². The molecule has 0 aliphatic rings. The van der Waals surface area contributed by atoms with Gasteiger partial charge >= 0.3 is 0 Å². The highest BCUT2D eigenvalue weighted by molar-refractivity contribution is 7.92. The minimum atomic E-state index is -3.92. The summed E-state index contributed by atoms with van der Waals surface area (Å²) in [6, 6.07) is 4.44. The van der Waals surface area contributed by atoms with Crippen molar-refractivity contribution in [3.63, 3.8) is 0 Å². The van der Waals surface area contributed by atoms with Gasteiger partial charge in [0.1, 0.15) is 0 Å². The molecule has 0 radical (unpaired) electrons. The van der Waals surface area contributed by atoms with E-state index >= 15 is 0 Å². The quantitative estimate of drug-likeness (QED) is 0.797. The van der Waals surface area contributed by atoms with E-state index in [1.54, 1.807) is 26.8 Å². The highest BCUT2D eigenvalue weighted by Gasteiger charge is 2.18. The summed E-state index contributed by atoms with van der Waals surface area (Å²) >= 11 is 0. The number of nitrogens with one attached hydrogen (secondary N) is 2. The maximum Gasteiger partial charge on any atom is 0.281 e. The van der Waals surface area contributed by atoms with Gasteiger partial charge in [-0.2, -0.15) is 8.42 Å². The molecule has 2 rings (SSSR count). The molecular weight excluding hydrogens is 330 g/mol. The van der Waals surface area contributed by atoms with Gasteiger partial charge < -0.3 is 5.32 Å². The SMILES string of the molecule is C=C(C)C(=O)Nc1ccc(S(=O)(=O)Nc2nc(C)cc(C)n2)nc1. The van der Waals surface area contributed by atoms with E-state index < -0.39 is 10.0 Å². The molecule has 0 aliphatic heterocycles. The first-order valence-electron chi connectivity index (χ1n) is 6.95. The van der Waals surface area contributed by atoms with Crippen LogP contribution in [0.3, 0.4) is 0 Å². The molecule has 0 saturated carbocycles. The number of carbonyl (C=O) groups is 1. The van der Waals surface area contributed by atoms with Gasteiger partial charge in [-0.05, 0) is 39.0 Å². The molecule has 2 aromatic heterocycles. The minimum absolute atomic E-state index is 0.0195. The van der Waals surface area contributed by atoms with Crippen LogP contribution in [0.15, 0.2) is 41.6 Å². The molecule has 1 amide bonds. The average Bonchev–Trinajstić information content (AvgIpc) is 2.46. The summed E-state index contributed by atoms with van der Waals surface area (Å²) in [6.07, 6.45) is 1.25. The van der Waals surface area contributed by atoms with Gasteiger partial charge in [-0.15, -0.1) is 0 Å². The maximum absolute atomic E-state index is 12.3. The number of carbonyl (C=O) groups excluding carboxylic acids is 1. The summed E-state index contributed by atoms with van der Waals surface area (Å²) in [5.74, 6) is -0.386. The van der Waals surface area contributed by atoms with Crippen molar-refractivity contribution in [1.29, 1.82) is 0 Å². The number of aryl methyl sites for hydroxylation is 2. The molecule has 2 aromatic rings. The van der Waals surface area contributed by atoms with Gasteiger partial charge in [-0.25, -0.2) is 19.7 Å². The van der Waals surface area contributed by atoms with Gasteiger partial charge in [-0.3, -0.25) is 4.79 Å². The van der Waals surface area contributed by atoms with Crippen molar-refractivity contribution in [3.8, 4) is 0 Å². The lowest BCUT2D eigenvalue weighted by Gasteiger charge is -2.08. The Morgan fingerprint density at radius 1 is 1.17 bits per heavy atom. The number of sulfonamides is 1. The number of amides is 1. The average molecular weight is 347 g/mol. The predicted octanol–water partition coefficient (Wildman–Crippen LogP) is 1.80. The van der Waals surface area contributed by atoms with Gasteiger partial charge in [0.25, 0.3) is 15.9 Å². The number of hydrogen-bond donors (Lipinski definition) is 2. The zero-order valence-electron chi connectivity index (χ0n) is 13.5. The van der Waals surface area contributed by atoms with Crippen molar-refractivity contribution in [2.75, 3.05) is 10.0 Å². The second-order valence-electron chi connectivity index (χ2n) is 5.20. The second-order valence-corrected chi connectivity index (χ2v) is 6.83. The van der Waals surface area contributed by atoms with Crippen LogP contribution < -0.4 is 10.0 Å². The third kappa shape index (κ3) is 4.35. The molecule has 0 aromatic carbocycles. The van der Waals surface area contributed by atoms with E-state index in [2.05, 4.69) is 31.6 Å². The van der Waals surface area contributed by atoms with Crippen molar-refractivity contribution in [2.24, 2.45) is 0 Å². The molecule has 2 N–H and O–H groups in total. The van der Waals surface area contributed by atoms with Crippen LogP contribution in [0.1, 0.15) is 18.3 Å². The zero-order chi connectivity index (χ0) is 17.9. The van der Waals surface area contributed by atoms with E-state index in [4.69, 9.17) is 0 Å². The van der Waals surface area contributed by atoms with Crippen molar-refractivity contribution in [1.82, 2.24) is 15.0 Å². The van der Waals surface area contributed by atoms with Gasteiger partial charge in [-0.1, -0.05) is 6.58 Å². The van der Waals surface area contributed by atoms with E-state index in [0.717, 1.165) is 0 Å². The fraction of sp³-hybridized carbons (Fsp3) is 0.200. The molecule has 0 aliphatic carbocycles. The van der Waals surface area contributed by atoms with Crippen LogP contribution in [-0.4, -0.2) is 29.3 Å². The summed E-state index contributed by atoms with van der Waals surface area (Å²) in [6.45, 7) is 8.56. The van der Waals surface area contributed by atoms with Crippen LogP contribution in [0.2, 0.25) is 0 Å².